The first-order valence-electron chi connectivity index (χ1n) is 6.15. The normalized spacial score (nSPS) is 11.2. The first kappa shape index (κ1) is 13.3. The lowest BCUT2D eigenvalue weighted by Crippen LogP contribution is -2.39. The largest absolute Gasteiger partial charge is 0.339 e. The highest BCUT2D eigenvalue weighted by Crippen LogP contribution is 2.10. The molecule has 2 rings (SSSR count). The first-order valence-corrected chi connectivity index (χ1v) is 6.15. The Hall–Kier alpha value is -2.18. The van der Waals surface area contributed by atoms with Gasteiger partial charge in [-0.05, 0) is 6.92 Å². The molecule has 7 heteroatoms. The summed E-state index contributed by atoms with van der Waals surface area (Å²) in [6.07, 6.45) is 1.48. The van der Waals surface area contributed by atoms with E-state index in [1.54, 1.807) is 0 Å². The van der Waals surface area contributed by atoms with Crippen molar-refractivity contribution in [2.24, 2.45) is 0 Å². The minimum absolute atomic E-state index is 0.0225. The minimum atomic E-state index is -0.370. The Morgan fingerprint density at radius 1 is 1.37 bits per heavy atom. The van der Waals surface area contributed by atoms with E-state index in [2.05, 4.69) is 10.1 Å². The van der Waals surface area contributed by atoms with Gasteiger partial charge in [0, 0.05) is 24.7 Å². The highest BCUT2D eigenvalue weighted by molar-refractivity contribution is 4.94. The van der Waals surface area contributed by atoms with E-state index in [1.807, 2.05) is 20.8 Å². The van der Waals surface area contributed by atoms with Crippen LogP contribution in [-0.4, -0.2) is 19.3 Å². The van der Waals surface area contributed by atoms with E-state index in [0.29, 0.717) is 18.3 Å². The van der Waals surface area contributed by atoms with Crippen molar-refractivity contribution in [3.63, 3.8) is 0 Å². The van der Waals surface area contributed by atoms with Crippen molar-refractivity contribution < 1.29 is 4.52 Å². The van der Waals surface area contributed by atoms with Crippen molar-refractivity contribution in [3.8, 4) is 0 Å². The first-order chi connectivity index (χ1) is 9.02. The molecule has 0 aromatic carbocycles. The number of aromatic nitrogens is 4. The molecule has 0 N–H and O–H groups in total. The molecule has 2 aromatic rings. The van der Waals surface area contributed by atoms with Crippen molar-refractivity contribution in [3.05, 3.63) is 44.8 Å². The lowest BCUT2D eigenvalue weighted by molar-refractivity contribution is 0.359. The number of aryl methyl sites for hydroxylation is 1. The van der Waals surface area contributed by atoms with Crippen molar-refractivity contribution in [2.75, 3.05) is 0 Å². The fraction of sp³-hybridized carbons (Fsp3) is 0.500. The van der Waals surface area contributed by atoms with Crippen molar-refractivity contribution in [2.45, 2.75) is 39.8 Å². The third kappa shape index (κ3) is 2.64. The van der Waals surface area contributed by atoms with Gasteiger partial charge in [0.05, 0.1) is 6.54 Å². The average molecular weight is 264 g/mol. The monoisotopic (exact) mass is 264 g/mol. The molecule has 0 fully saturated rings. The maximum atomic E-state index is 12.0. The van der Waals surface area contributed by atoms with Crippen LogP contribution in [0.1, 0.15) is 38.4 Å². The van der Waals surface area contributed by atoms with Crippen LogP contribution in [0.2, 0.25) is 0 Å². The molecule has 2 heterocycles. The van der Waals surface area contributed by atoms with Crippen LogP contribution in [0.3, 0.4) is 0 Å². The topological polar surface area (TPSA) is 82.9 Å². The average Bonchev–Trinajstić information content (AvgIpc) is 2.83. The van der Waals surface area contributed by atoms with Crippen molar-refractivity contribution >= 4 is 0 Å². The van der Waals surface area contributed by atoms with E-state index in [9.17, 15) is 9.59 Å². The third-order valence-electron chi connectivity index (χ3n) is 2.76. The molecule has 0 aliphatic heterocycles. The zero-order valence-electron chi connectivity index (χ0n) is 11.2. The SMILES string of the molecule is CCn1ccc(=O)n(Cc2noc(C(C)C)n2)c1=O. The van der Waals surface area contributed by atoms with Crippen molar-refractivity contribution in [1.29, 1.82) is 0 Å². The molecule has 7 nitrogen and oxygen atoms in total. The second-order valence-electron chi connectivity index (χ2n) is 4.51. The molecule has 0 saturated heterocycles. The Morgan fingerprint density at radius 3 is 2.68 bits per heavy atom. The Morgan fingerprint density at radius 2 is 2.11 bits per heavy atom. The van der Waals surface area contributed by atoms with Crippen molar-refractivity contribution in [1.82, 2.24) is 19.3 Å². The Kier molecular flexibility index (Phi) is 3.64. The Balaban J connectivity index is 2.37. The number of nitrogens with zero attached hydrogens (tertiary/aromatic N) is 4. The van der Waals surface area contributed by atoms with E-state index < -0.39 is 0 Å². The molecule has 0 aliphatic carbocycles. The maximum Gasteiger partial charge on any atom is 0.331 e. The second kappa shape index (κ2) is 5.21. The summed E-state index contributed by atoms with van der Waals surface area (Å²) in [6.45, 7) is 6.21. The quantitative estimate of drug-likeness (QED) is 0.806. The molecule has 0 saturated carbocycles. The molecular formula is C12H16N4O3. The van der Waals surface area contributed by atoms with E-state index in [0.717, 1.165) is 4.57 Å². The summed E-state index contributed by atoms with van der Waals surface area (Å²) in [5.41, 5.74) is -0.739. The van der Waals surface area contributed by atoms with Crippen LogP contribution < -0.4 is 11.2 Å². The zero-order valence-corrected chi connectivity index (χ0v) is 11.2. The molecular weight excluding hydrogens is 248 g/mol. The van der Waals surface area contributed by atoms with Crippen LogP contribution >= 0.6 is 0 Å². The van der Waals surface area contributed by atoms with Gasteiger partial charge < -0.3 is 9.09 Å². The Bertz CT molecular complexity index is 681. The smallest absolute Gasteiger partial charge is 0.331 e. The molecule has 0 atom stereocenters. The molecule has 0 bridgehead atoms. The number of hydrogen-bond acceptors (Lipinski definition) is 5. The fourth-order valence-corrected chi connectivity index (χ4v) is 1.65. The van der Waals surface area contributed by atoms with Gasteiger partial charge in [-0.25, -0.2) is 4.79 Å². The van der Waals surface area contributed by atoms with Gasteiger partial charge in [0.1, 0.15) is 0 Å². The van der Waals surface area contributed by atoms with E-state index in [-0.39, 0.29) is 23.7 Å². The van der Waals surface area contributed by atoms with Crippen LogP contribution in [0.15, 0.2) is 26.4 Å². The summed E-state index contributed by atoms with van der Waals surface area (Å²) in [5.74, 6) is 0.938. The van der Waals surface area contributed by atoms with E-state index in [4.69, 9.17) is 4.52 Å². The highest BCUT2D eigenvalue weighted by Gasteiger charge is 2.12. The summed E-state index contributed by atoms with van der Waals surface area (Å²) >= 11 is 0. The van der Waals surface area contributed by atoms with Gasteiger partial charge in [-0.3, -0.25) is 9.36 Å². The number of hydrogen-bond donors (Lipinski definition) is 0. The van der Waals surface area contributed by atoms with Gasteiger partial charge in [0.25, 0.3) is 5.56 Å². The predicted molar refractivity (Wildman–Crippen MR) is 68.1 cm³/mol. The van der Waals surface area contributed by atoms with Gasteiger partial charge in [0.15, 0.2) is 5.82 Å². The van der Waals surface area contributed by atoms with Crippen LogP contribution in [-0.2, 0) is 13.1 Å². The number of rotatable bonds is 4. The zero-order chi connectivity index (χ0) is 14.0. The van der Waals surface area contributed by atoms with Gasteiger partial charge in [0.2, 0.25) is 5.89 Å². The molecule has 102 valence electrons. The predicted octanol–water partition coefficient (Wildman–Crippen LogP) is 0.585. The lowest BCUT2D eigenvalue weighted by atomic mass is 10.2. The summed E-state index contributed by atoms with van der Waals surface area (Å²) in [7, 11) is 0. The Labute approximate surface area is 109 Å². The maximum absolute atomic E-state index is 12.0. The molecule has 0 amide bonds. The summed E-state index contributed by atoms with van der Waals surface area (Å²) in [6, 6.07) is 1.36. The molecule has 0 unspecified atom stereocenters. The standard InChI is InChI=1S/C12H16N4O3/c1-4-15-6-5-10(17)16(12(15)18)7-9-13-11(8(2)3)19-14-9/h5-6,8H,4,7H2,1-3H3. The van der Waals surface area contributed by atoms with Crippen LogP contribution in [0.25, 0.3) is 0 Å². The van der Waals surface area contributed by atoms with E-state index in [1.165, 1.54) is 16.8 Å². The van der Waals surface area contributed by atoms with Crippen LogP contribution in [0.5, 0.6) is 0 Å². The van der Waals surface area contributed by atoms with Gasteiger partial charge in [-0.15, -0.1) is 0 Å². The van der Waals surface area contributed by atoms with E-state index >= 15 is 0 Å². The summed E-state index contributed by atoms with van der Waals surface area (Å²) in [5, 5.41) is 3.78. The van der Waals surface area contributed by atoms with Gasteiger partial charge in [-0.1, -0.05) is 19.0 Å². The molecule has 0 aliphatic rings. The summed E-state index contributed by atoms with van der Waals surface area (Å²) < 4.78 is 7.59. The third-order valence-corrected chi connectivity index (χ3v) is 2.76. The minimum Gasteiger partial charge on any atom is -0.339 e. The van der Waals surface area contributed by atoms with Gasteiger partial charge in [-0.2, -0.15) is 4.98 Å². The lowest BCUT2D eigenvalue weighted by Gasteiger charge is -2.05. The second-order valence-corrected chi connectivity index (χ2v) is 4.51. The van der Waals surface area contributed by atoms with Crippen LogP contribution in [0, 0.1) is 0 Å². The molecule has 2 aromatic heterocycles. The molecule has 0 radical (unpaired) electrons. The molecule has 0 spiro atoms. The molecule has 19 heavy (non-hydrogen) atoms. The fourth-order valence-electron chi connectivity index (χ4n) is 1.65. The van der Waals surface area contributed by atoms with Gasteiger partial charge >= 0.3 is 5.69 Å². The van der Waals surface area contributed by atoms with Crippen LogP contribution in [0.4, 0.5) is 0 Å². The summed E-state index contributed by atoms with van der Waals surface area (Å²) in [4.78, 5) is 27.9. The highest BCUT2D eigenvalue weighted by atomic mass is 16.5.